The molecule has 4 nitrogen and oxygen atoms in total. The number of aromatic hydroxyl groups is 1. The van der Waals surface area contributed by atoms with Gasteiger partial charge in [-0.05, 0) is 63.4 Å². The number of rotatable bonds is 15. The quantitative estimate of drug-likeness (QED) is 0.146. The summed E-state index contributed by atoms with van der Waals surface area (Å²) in [6.45, 7) is 11.3. The van der Waals surface area contributed by atoms with Crippen LogP contribution in [0.15, 0.2) is 60.7 Å². The molecule has 4 rings (SSSR count). The highest BCUT2D eigenvalue weighted by atomic mass is 16.5. The van der Waals surface area contributed by atoms with E-state index in [0.717, 1.165) is 34.4 Å². The summed E-state index contributed by atoms with van der Waals surface area (Å²) in [7, 11) is 0. The zero-order valence-corrected chi connectivity index (χ0v) is 26.3. The highest BCUT2D eigenvalue weighted by Gasteiger charge is 2.16. The molecule has 0 radical (unpaired) electrons. The lowest BCUT2D eigenvalue weighted by molar-refractivity contribution is 0.302. The number of hydrogen-bond acceptors (Lipinski definition) is 4. The topological polar surface area (TPSA) is 55.2 Å². The lowest BCUT2D eigenvalue weighted by Crippen LogP contribution is -1.99. The van der Waals surface area contributed by atoms with Crippen molar-refractivity contribution >= 4 is 0 Å². The molecular weight excluding hydrogens is 516 g/mol. The Balaban J connectivity index is 1.47. The number of hydrogen-bond donors (Lipinski definition) is 1. The molecule has 4 aromatic rings. The Morgan fingerprint density at radius 2 is 1.10 bits per heavy atom. The molecule has 0 bridgehead atoms. The van der Waals surface area contributed by atoms with Crippen LogP contribution in [0.4, 0.5) is 0 Å². The van der Waals surface area contributed by atoms with Crippen LogP contribution in [-0.2, 0) is 0 Å². The van der Waals surface area contributed by atoms with Crippen molar-refractivity contribution in [3.05, 3.63) is 82.9 Å². The predicted molar refractivity (Wildman–Crippen MR) is 176 cm³/mol. The van der Waals surface area contributed by atoms with E-state index < -0.39 is 0 Å². The molecule has 0 aliphatic carbocycles. The van der Waals surface area contributed by atoms with Gasteiger partial charge in [0.2, 0.25) is 0 Å². The van der Waals surface area contributed by atoms with E-state index >= 15 is 0 Å². The van der Waals surface area contributed by atoms with Gasteiger partial charge in [-0.15, -0.1) is 0 Å². The molecule has 222 valence electrons. The normalized spacial score (nSPS) is 11.2. The van der Waals surface area contributed by atoms with Crippen LogP contribution >= 0.6 is 0 Å². The molecule has 0 aliphatic rings. The molecule has 1 N–H and O–H groups in total. The van der Waals surface area contributed by atoms with Gasteiger partial charge in [-0.2, -0.15) is 0 Å². The van der Waals surface area contributed by atoms with Crippen molar-refractivity contribution in [3.8, 4) is 45.4 Å². The molecule has 3 aromatic carbocycles. The number of unbranched alkanes of at least 4 members (excludes halogenated alkanes) is 9. The van der Waals surface area contributed by atoms with E-state index in [0.29, 0.717) is 29.4 Å². The summed E-state index contributed by atoms with van der Waals surface area (Å²) < 4.78 is 6.00. The fourth-order valence-corrected chi connectivity index (χ4v) is 5.61. The van der Waals surface area contributed by atoms with Gasteiger partial charge in [0.25, 0.3) is 0 Å². The minimum Gasteiger partial charge on any atom is -0.507 e. The van der Waals surface area contributed by atoms with Gasteiger partial charge >= 0.3 is 0 Å². The maximum absolute atomic E-state index is 11.1. The third kappa shape index (κ3) is 8.67. The molecule has 42 heavy (non-hydrogen) atoms. The Kier molecular flexibility index (Phi) is 11.6. The first-order valence-electron chi connectivity index (χ1n) is 15.9. The van der Waals surface area contributed by atoms with Gasteiger partial charge in [-0.3, -0.25) is 0 Å². The highest BCUT2D eigenvalue weighted by molar-refractivity contribution is 5.76. The van der Waals surface area contributed by atoms with Crippen molar-refractivity contribution in [2.45, 2.75) is 98.8 Å². The molecule has 0 saturated heterocycles. The summed E-state index contributed by atoms with van der Waals surface area (Å²) >= 11 is 0. The minimum atomic E-state index is 0.160. The first kappa shape index (κ1) is 31.3. The molecule has 0 spiro atoms. The number of aryl methyl sites for hydroxylation is 4. The highest BCUT2D eigenvalue weighted by Crippen LogP contribution is 2.36. The van der Waals surface area contributed by atoms with E-state index in [4.69, 9.17) is 14.7 Å². The number of ether oxygens (including phenoxy) is 1. The van der Waals surface area contributed by atoms with Crippen LogP contribution in [0.2, 0.25) is 0 Å². The Hall–Kier alpha value is -3.66. The van der Waals surface area contributed by atoms with E-state index in [1.54, 1.807) is 6.07 Å². The van der Waals surface area contributed by atoms with E-state index in [1.807, 2.05) is 18.2 Å². The Labute approximate surface area is 253 Å². The Bertz CT molecular complexity index is 1390. The Morgan fingerprint density at radius 1 is 0.571 bits per heavy atom. The second kappa shape index (κ2) is 15.5. The zero-order chi connectivity index (χ0) is 29.9. The van der Waals surface area contributed by atoms with Crippen LogP contribution in [0.1, 0.15) is 93.4 Å². The fraction of sp³-hybridized carbons (Fsp3) is 0.421. The first-order valence-corrected chi connectivity index (χ1v) is 15.9. The van der Waals surface area contributed by atoms with Gasteiger partial charge in [-0.25, -0.2) is 9.97 Å². The van der Waals surface area contributed by atoms with Crippen molar-refractivity contribution in [2.75, 3.05) is 6.61 Å². The van der Waals surface area contributed by atoms with Gasteiger partial charge in [-0.1, -0.05) is 112 Å². The second-order valence-corrected chi connectivity index (χ2v) is 11.8. The average molecular weight is 565 g/mol. The second-order valence-electron chi connectivity index (χ2n) is 11.8. The monoisotopic (exact) mass is 564 g/mol. The molecule has 4 heteroatoms. The molecule has 1 aromatic heterocycles. The van der Waals surface area contributed by atoms with E-state index in [2.05, 4.69) is 71.0 Å². The van der Waals surface area contributed by atoms with Crippen LogP contribution in [0.5, 0.6) is 11.5 Å². The lowest BCUT2D eigenvalue weighted by Gasteiger charge is -2.14. The smallest absolute Gasteiger partial charge is 0.160 e. The minimum absolute atomic E-state index is 0.160. The summed E-state index contributed by atoms with van der Waals surface area (Å²) in [5.41, 5.74) is 8.95. The number of phenolic OH excluding ortho intramolecular Hbond substituents is 1. The molecule has 0 atom stereocenters. The maximum Gasteiger partial charge on any atom is 0.160 e. The number of aromatic nitrogens is 2. The molecule has 1 heterocycles. The number of phenols is 1. The summed E-state index contributed by atoms with van der Waals surface area (Å²) in [6, 6.07) is 20.3. The molecular formula is C38H48N2O2. The standard InChI is InChI=1S/C38H48N2O2/c1-6-7-8-9-10-11-12-13-14-15-22-42-31-18-21-34(37(41)25-31)36-26-35(32-19-16-27(2)23-29(32)4)39-38(40-36)33-20-17-28(3)24-30(33)5/h16-21,23-26,41H,6-15,22H2,1-5H3. The van der Waals surface area contributed by atoms with Gasteiger partial charge in [0.15, 0.2) is 5.82 Å². The average Bonchev–Trinajstić information content (AvgIpc) is 2.95. The SMILES string of the molecule is CCCCCCCCCCCCOc1ccc(-c2cc(-c3ccc(C)cc3C)nc(-c3ccc(C)cc3C)n2)c(O)c1. The van der Waals surface area contributed by atoms with E-state index in [9.17, 15) is 5.11 Å². The van der Waals surface area contributed by atoms with E-state index in [1.165, 1.54) is 68.9 Å². The van der Waals surface area contributed by atoms with Crippen LogP contribution in [0.3, 0.4) is 0 Å². The van der Waals surface area contributed by atoms with Crippen molar-refractivity contribution in [1.29, 1.82) is 0 Å². The summed E-state index contributed by atoms with van der Waals surface area (Å²) in [5, 5.41) is 11.1. The third-order valence-electron chi connectivity index (χ3n) is 8.02. The summed E-state index contributed by atoms with van der Waals surface area (Å²) in [4.78, 5) is 9.95. The lowest BCUT2D eigenvalue weighted by atomic mass is 10.00. The zero-order valence-electron chi connectivity index (χ0n) is 26.3. The van der Waals surface area contributed by atoms with Gasteiger partial charge in [0, 0.05) is 22.8 Å². The predicted octanol–water partition coefficient (Wildman–Crippen LogP) is 10.7. The molecule has 0 amide bonds. The summed E-state index contributed by atoms with van der Waals surface area (Å²) in [6.07, 6.45) is 13.0. The summed E-state index contributed by atoms with van der Waals surface area (Å²) in [5.74, 6) is 1.50. The van der Waals surface area contributed by atoms with Crippen molar-refractivity contribution in [2.24, 2.45) is 0 Å². The van der Waals surface area contributed by atoms with Crippen LogP contribution in [0.25, 0.3) is 33.9 Å². The Morgan fingerprint density at radius 3 is 1.67 bits per heavy atom. The fourth-order valence-electron chi connectivity index (χ4n) is 5.61. The van der Waals surface area contributed by atoms with Crippen LogP contribution < -0.4 is 4.74 Å². The number of benzene rings is 3. The van der Waals surface area contributed by atoms with Crippen molar-refractivity contribution < 1.29 is 9.84 Å². The van der Waals surface area contributed by atoms with E-state index in [-0.39, 0.29) is 5.75 Å². The number of nitrogens with zero attached hydrogens (tertiary/aromatic N) is 2. The third-order valence-corrected chi connectivity index (χ3v) is 8.02. The molecule has 0 saturated carbocycles. The first-order chi connectivity index (χ1) is 20.4. The van der Waals surface area contributed by atoms with Crippen LogP contribution in [-0.4, -0.2) is 21.7 Å². The van der Waals surface area contributed by atoms with Gasteiger partial charge in [0.1, 0.15) is 11.5 Å². The van der Waals surface area contributed by atoms with Crippen LogP contribution in [0, 0.1) is 27.7 Å². The van der Waals surface area contributed by atoms with Gasteiger partial charge < -0.3 is 9.84 Å². The molecule has 0 aliphatic heterocycles. The van der Waals surface area contributed by atoms with Crippen molar-refractivity contribution in [1.82, 2.24) is 9.97 Å². The largest absolute Gasteiger partial charge is 0.507 e. The van der Waals surface area contributed by atoms with Gasteiger partial charge in [0.05, 0.1) is 18.0 Å². The molecule has 0 unspecified atom stereocenters. The molecule has 0 fully saturated rings. The maximum atomic E-state index is 11.1. The van der Waals surface area contributed by atoms with Crippen molar-refractivity contribution in [3.63, 3.8) is 0 Å².